The molecule has 3 rings (SSSR count). The number of hydrogen-bond donors (Lipinski definition) is 1. The molecule has 0 aromatic heterocycles. The second kappa shape index (κ2) is 6.12. The Morgan fingerprint density at radius 1 is 1.33 bits per heavy atom. The van der Waals surface area contributed by atoms with Crippen LogP contribution in [0.5, 0.6) is 5.75 Å². The first kappa shape index (κ1) is 14.5. The summed E-state index contributed by atoms with van der Waals surface area (Å²) in [6.45, 7) is 0.560. The van der Waals surface area contributed by atoms with Crippen LogP contribution in [0.2, 0.25) is 0 Å². The molecule has 3 nitrogen and oxygen atoms in total. The molecule has 1 atom stereocenters. The molecule has 0 radical (unpaired) electrons. The zero-order valence-electron chi connectivity index (χ0n) is 11.1. The summed E-state index contributed by atoms with van der Waals surface area (Å²) in [6, 6.07) is 13.4. The predicted molar refractivity (Wildman–Crippen MR) is 86.5 cm³/mol. The highest BCUT2D eigenvalue weighted by Gasteiger charge is 2.23. The number of halogens is 1. The van der Waals surface area contributed by atoms with Gasteiger partial charge in [-0.2, -0.15) is 0 Å². The van der Waals surface area contributed by atoms with Crippen molar-refractivity contribution in [3.05, 3.63) is 58.1 Å². The molecule has 5 heteroatoms. The quantitative estimate of drug-likeness (QED) is 0.872. The third kappa shape index (κ3) is 3.09. The summed E-state index contributed by atoms with van der Waals surface area (Å²) >= 11 is 5.07. The fourth-order valence-corrected chi connectivity index (χ4v) is 3.97. The van der Waals surface area contributed by atoms with Gasteiger partial charge in [0.1, 0.15) is 5.75 Å². The number of benzene rings is 2. The van der Waals surface area contributed by atoms with Crippen LogP contribution in [0, 0.1) is 0 Å². The Bertz CT molecular complexity index is 687. The number of carboxylic acids is 1. The molecular weight excluding hydrogens is 352 g/mol. The lowest BCUT2D eigenvalue weighted by atomic mass is 10.0. The Morgan fingerprint density at radius 2 is 2.14 bits per heavy atom. The number of hydrogen-bond acceptors (Lipinski definition) is 3. The smallest absolute Gasteiger partial charge is 0.336 e. The zero-order chi connectivity index (χ0) is 14.8. The van der Waals surface area contributed by atoms with Crippen molar-refractivity contribution in [2.75, 3.05) is 12.4 Å². The molecule has 1 N–H and O–H groups in total. The SMILES string of the molecule is O=C(O)c1cc(OCC2CSc3ccccc32)ccc1Br. The topological polar surface area (TPSA) is 46.5 Å². The number of fused-ring (bicyclic) bond motifs is 1. The molecule has 1 unspecified atom stereocenters. The van der Waals surface area contributed by atoms with E-state index in [2.05, 4.69) is 28.1 Å². The standard InChI is InChI=1S/C16H13BrO3S/c17-14-6-5-11(7-13(14)16(18)19)20-8-10-9-21-15-4-2-1-3-12(10)15/h1-7,10H,8-9H2,(H,18,19). The van der Waals surface area contributed by atoms with E-state index < -0.39 is 5.97 Å². The van der Waals surface area contributed by atoms with Gasteiger partial charge in [0.25, 0.3) is 0 Å². The van der Waals surface area contributed by atoms with E-state index in [-0.39, 0.29) is 5.56 Å². The first-order valence-corrected chi connectivity index (χ1v) is 8.30. The van der Waals surface area contributed by atoms with Gasteiger partial charge < -0.3 is 9.84 Å². The summed E-state index contributed by atoms with van der Waals surface area (Å²) in [5.41, 5.74) is 1.53. The zero-order valence-corrected chi connectivity index (χ0v) is 13.5. The highest BCUT2D eigenvalue weighted by Crippen LogP contribution is 2.39. The van der Waals surface area contributed by atoms with Crippen LogP contribution in [0.15, 0.2) is 51.8 Å². The van der Waals surface area contributed by atoms with Gasteiger partial charge in [-0.3, -0.25) is 0 Å². The molecule has 0 aliphatic carbocycles. The first-order chi connectivity index (χ1) is 10.1. The van der Waals surface area contributed by atoms with Crippen LogP contribution in [0.4, 0.5) is 0 Å². The van der Waals surface area contributed by atoms with E-state index >= 15 is 0 Å². The lowest BCUT2D eigenvalue weighted by Gasteiger charge is -2.13. The molecule has 0 amide bonds. The number of aromatic carboxylic acids is 1. The minimum atomic E-state index is -0.964. The Hall–Kier alpha value is -1.46. The largest absolute Gasteiger partial charge is 0.493 e. The summed E-state index contributed by atoms with van der Waals surface area (Å²) in [7, 11) is 0. The average Bonchev–Trinajstić information content (AvgIpc) is 2.89. The molecule has 0 bridgehead atoms. The Kier molecular flexibility index (Phi) is 4.22. The average molecular weight is 365 g/mol. The first-order valence-electron chi connectivity index (χ1n) is 6.52. The van der Waals surface area contributed by atoms with E-state index in [0.29, 0.717) is 22.7 Å². The lowest BCUT2D eigenvalue weighted by Crippen LogP contribution is -2.10. The van der Waals surface area contributed by atoms with Crippen LogP contribution in [-0.4, -0.2) is 23.4 Å². The minimum Gasteiger partial charge on any atom is -0.493 e. The van der Waals surface area contributed by atoms with Gasteiger partial charge in [0.05, 0.1) is 12.2 Å². The maximum atomic E-state index is 11.1. The summed E-state index contributed by atoms with van der Waals surface area (Å²) in [5.74, 6) is 0.976. The van der Waals surface area contributed by atoms with E-state index in [9.17, 15) is 4.79 Å². The maximum Gasteiger partial charge on any atom is 0.336 e. The third-order valence-corrected chi connectivity index (χ3v) is 5.36. The second-order valence-corrected chi connectivity index (χ2v) is 6.72. The number of rotatable bonds is 4. The minimum absolute atomic E-state index is 0.216. The molecule has 0 saturated carbocycles. The Balaban J connectivity index is 1.72. The Labute approximate surface area is 135 Å². The van der Waals surface area contributed by atoms with Crippen LogP contribution in [-0.2, 0) is 0 Å². The molecule has 1 heterocycles. The van der Waals surface area contributed by atoms with Crippen LogP contribution in [0.25, 0.3) is 0 Å². The molecular formula is C16H13BrO3S. The third-order valence-electron chi connectivity index (χ3n) is 3.42. The van der Waals surface area contributed by atoms with Gasteiger partial charge in [0, 0.05) is 21.0 Å². The van der Waals surface area contributed by atoms with E-state index in [0.717, 1.165) is 5.75 Å². The van der Waals surface area contributed by atoms with Crippen LogP contribution >= 0.6 is 27.7 Å². The molecule has 1 aliphatic heterocycles. The van der Waals surface area contributed by atoms with Gasteiger partial charge in [0.15, 0.2) is 0 Å². The van der Waals surface area contributed by atoms with Gasteiger partial charge in [-0.05, 0) is 45.8 Å². The molecule has 0 saturated heterocycles. The molecule has 2 aromatic rings. The fraction of sp³-hybridized carbons (Fsp3) is 0.188. The van der Waals surface area contributed by atoms with Gasteiger partial charge in [-0.1, -0.05) is 18.2 Å². The molecule has 0 spiro atoms. The summed E-state index contributed by atoms with van der Waals surface area (Å²) < 4.78 is 6.35. The van der Waals surface area contributed by atoms with Crippen molar-refractivity contribution in [2.45, 2.75) is 10.8 Å². The van der Waals surface area contributed by atoms with Crippen molar-refractivity contribution in [2.24, 2.45) is 0 Å². The van der Waals surface area contributed by atoms with Crippen molar-refractivity contribution in [1.82, 2.24) is 0 Å². The molecule has 108 valence electrons. The fourth-order valence-electron chi connectivity index (χ4n) is 2.32. The summed E-state index contributed by atoms with van der Waals surface area (Å²) in [5, 5.41) is 9.11. The number of ether oxygens (including phenoxy) is 1. The van der Waals surface area contributed by atoms with Gasteiger partial charge >= 0.3 is 5.97 Å². The number of carbonyl (C=O) groups is 1. The highest BCUT2D eigenvalue weighted by atomic mass is 79.9. The van der Waals surface area contributed by atoms with Crippen molar-refractivity contribution >= 4 is 33.7 Å². The van der Waals surface area contributed by atoms with Crippen molar-refractivity contribution in [3.8, 4) is 5.75 Å². The normalized spacial score (nSPS) is 16.5. The van der Waals surface area contributed by atoms with E-state index in [1.165, 1.54) is 10.5 Å². The van der Waals surface area contributed by atoms with Crippen LogP contribution in [0.3, 0.4) is 0 Å². The van der Waals surface area contributed by atoms with Crippen LogP contribution in [0.1, 0.15) is 21.8 Å². The predicted octanol–water partition coefficient (Wildman–Crippen LogP) is 4.42. The van der Waals surface area contributed by atoms with E-state index in [4.69, 9.17) is 9.84 Å². The van der Waals surface area contributed by atoms with E-state index in [1.54, 1.807) is 18.2 Å². The summed E-state index contributed by atoms with van der Waals surface area (Å²) in [4.78, 5) is 12.4. The van der Waals surface area contributed by atoms with E-state index in [1.807, 2.05) is 23.9 Å². The van der Waals surface area contributed by atoms with Crippen molar-refractivity contribution < 1.29 is 14.6 Å². The van der Waals surface area contributed by atoms with Gasteiger partial charge in [0.2, 0.25) is 0 Å². The maximum absolute atomic E-state index is 11.1. The van der Waals surface area contributed by atoms with Gasteiger partial charge in [-0.15, -0.1) is 11.8 Å². The molecule has 21 heavy (non-hydrogen) atoms. The molecule has 1 aliphatic rings. The highest BCUT2D eigenvalue weighted by molar-refractivity contribution is 9.10. The van der Waals surface area contributed by atoms with Crippen LogP contribution < -0.4 is 4.74 Å². The number of thioether (sulfide) groups is 1. The van der Waals surface area contributed by atoms with Crippen molar-refractivity contribution in [3.63, 3.8) is 0 Å². The Morgan fingerprint density at radius 3 is 2.95 bits per heavy atom. The van der Waals surface area contributed by atoms with Crippen molar-refractivity contribution in [1.29, 1.82) is 0 Å². The molecule has 2 aromatic carbocycles. The number of carboxylic acid groups (broad SMARTS) is 1. The lowest BCUT2D eigenvalue weighted by molar-refractivity contribution is 0.0695. The second-order valence-electron chi connectivity index (χ2n) is 4.80. The molecule has 0 fully saturated rings. The summed E-state index contributed by atoms with van der Waals surface area (Å²) in [6.07, 6.45) is 0. The van der Waals surface area contributed by atoms with Gasteiger partial charge in [-0.25, -0.2) is 4.79 Å². The monoisotopic (exact) mass is 364 g/mol.